The lowest BCUT2D eigenvalue weighted by atomic mass is 9.78. The monoisotopic (exact) mass is 258 g/mol. The zero-order valence-corrected chi connectivity index (χ0v) is 12.1. The summed E-state index contributed by atoms with van der Waals surface area (Å²) < 4.78 is 0. The van der Waals surface area contributed by atoms with Gasteiger partial charge in [0.2, 0.25) is 0 Å². The number of piperidine rings is 1. The summed E-state index contributed by atoms with van der Waals surface area (Å²) in [6.45, 7) is 2.22. The minimum Gasteiger partial charge on any atom is -0.368 e. The van der Waals surface area contributed by atoms with Gasteiger partial charge < -0.3 is 10.2 Å². The van der Waals surface area contributed by atoms with Gasteiger partial charge in [-0.15, -0.1) is 0 Å². The average Bonchev–Trinajstić information content (AvgIpc) is 2.48. The molecule has 1 saturated heterocycles. The molecule has 2 fully saturated rings. The summed E-state index contributed by atoms with van der Waals surface area (Å²) in [4.78, 5) is 2.69. The van der Waals surface area contributed by atoms with E-state index in [-0.39, 0.29) is 0 Å². The van der Waals surface area contributed by atoms with Crippen molar-refractivity contribution in [2.45, 2.75) is 51.1 Å². The lowest BCUT2D eigenvalue weighted by Crippen LogP contribution is -2.46. The molecule has 0 amide bonds. The number of anilines is 1. The van der Waals surface area contributed by atoms with Gasteiger partial charge in [0.05, 0.1) is 0 Å². The van der Waals surface area contributed by atoms with Gasteiger partial charge in [0, 0.05) is 24.8 Å². The smallest absolute Gasteiger partial charge is 0.0369 e. The molecule has 0 bridgehead atoms. The first-order valence-electron chi connectivity index (χ1n) is 7.88. The van der Waals surface area contributed by atoms with E-state index in [2.05, 4.69) is 34.5 Å². The van der Waals surface area contributed by atoms with Gasteiger partial charge in [0.15, 0.2) is 0 Å². The number of rotatable bonds is 3. The van der Waals surface area contributed by atoms with Gasteiger partial charge in [-0.1, -0.05) is 25.0 Å². The van der Waals surface area contributed by atoms with E-state index in [1.165, 1.54) is 56.3 Å². The summed E-state index contributed by atoms with van der Waals surface area (Å²) in [6, 6.07) is 10.0. The van der Waals surface area contributed by atoms with Crippen LogP contribution in [0.25, 0.3) is 0 Å². The predicted molar refractivity (Wildman–Crippen MR) is 81.5 cm³/mol. The third-order valence-corrected chi connectivity index (χ3v) is 4.89. The van der Waals surface area contributed by atoms with Gasteiger partial charge in [-0.2, -0.15) is 0 Å². The molecule has 1 aromatic rings. The number of nitrogens with zero attached hydrogens (tertiary/aromatic N) is 1. The Morgan fingerprint density at radius 3 is 2.58 bits per heavy atom. The molecule has 1 aromatic carbocycles. The molecular weight excluding hydrogens is 232 g/mol. The molecule has 2 aliphatic rings. The standard InChI is InChI=1S/C17H26N2/c1-18-13-14-8-10-16(11-9-14)19-12-4-6-15-5-2-3-7-17(15)19/h8-11,15,17-18H,2-7,12-13H2,1H3/t15-,17-/m1/s1. The van der Waals surface area contributed by atoms with Crippen LogP contribution in [0.4, 0.5) is 5.69 Å². The lowest BCUT2D eigenvalue weighted by Gasteiger charge is -2.45. The van der Waals surface area contributed by atoms with Crippen LogP contribution in [0.5, 0.6) is 0 Å². The van der Waals surface area contributed by atoms with Crippen LogP contribution in [0.1, 0.15) is 44.1 Å². The highest BCUT2D eigenvalue weighted by molar-refractivity contribution is 5.49. The van der Waals surface area contributed by atoms with Crippen molar-refractivity contribution < 1.29 is 0 Å². The zero-order chi connectivity index (χ0) is 13.1. The van der Waals surface area contributed by atoms with Gasteiger partial charge in [0.25, 0.3) is 0 Å². The van der Waals surface area contributed by atoms with E-state index in [0.717, 1.165) is 18.5 Å². The number of hydrogen-bond donors (Lipinski definition) is 1. The fourth-order valence-corrected chi connectivity index (χ4v) is 3.95. The first-order chi connectivity index (χ1) is 9.38. The van der Waals surface area contributed by atoms with E-state index in [9.17, 15) is 0 Å². The molecule has 1 aliphatic carbocycles. The quantitative estimate of drug-likeness (QED) is 0.891. The Balaban J connectivity index is 1.75. The molecule has 0 spiro atoms. The molecule has 1 N–H and O–H groups in total. The zero-order valence-electron chi connectivity index (χ0n) is 12.1. The molecule has 1 heterocycles. The van der Waals surface area contributed by atoms with E-state index in [0.29, 0.717) is 0 Å². The predicted octanol–water partition coefficient (Wildman–Crippen LogP) is 3.57. The highest BCUT2D eigenvalue weighted by Gasteiger charge is 2.33. The molecule has 1 saturated carbocycles. The Hall–Kier alpha value is -1.02. The maximum atomic E-state index is 3.21. The van der Waals surface area contributed by atoms with E-state index in [1.807, 2.05) is 7.05 Å². The molecule has 2 atom stereocenters. The Morgan fingerprint density at radius 1 is 1.05 bits per heavy atom. The summed E-state index contributed by atoms with van der Waals surface area (Å²) in [6.07, 6.45) is 8.58. The van der Waals surface area contributed by atoms with Gasteiger partial charge in [0.1, 0.15) is 0 Å². The highest BCUT2D eigenvalue weighted by atomic mass is 15.2. The van der Waals surface area contributed by atoms with Gasteiger partial charge in [-0.25, -0.2) is 0 Å². The van der Waals surface area contributed by atoms with Crippen LogP contribution in [0, 0.1) is 5.92 Å². The molecule has 19 heavy (non-hydrogen) atoms. The largest absolute Gasteiger partial charge is 0.368 e. The van der Waals surface area contributed by atoms with Gasteiger partial charge in [-0.05, 0) is 56.3 Å². The van der Waals surface area contributed by atoms with E-state index < -0.39 is 0 Å². The molecule has 0 unspecified atom stereocenters. The molecule has 2 nitrogen and oxygen atoms in total. The second kappa shape index (κ2) is 5.96. The Bertz CT molecular complexity index is 396. The number of nitrogens with one attached hydrogen (secondary N) is 1. The van der Waals surface area contributed by atoms with Gasteiger partial charge >= 0.3 is 0 Å². The fraction of sp³-hybridized carbons (Fsp3) is 0.647. The molecule has 104 valence electrons. The topological polar surface area (TPSA) is 15.3 Å². The third kappa shape index (κ3) is 2.79. The van der Waals surface area contributed by atoms with Crippen LogP contribution in [-0.2, 0) is 6.54 Å². The van der Waals surface area contributed by atoms with E-state index >= 15 is 0 Å². The average molecular weight is 258 g/mol. The van der Waals surface area contributed by atoms with Crippen molar-refractivity contribution in [3.63, 3.8) is 0 Å². The summed E-state index contributed by atoms with van der Waals surface area (Å²) in [5.74, 6) is 0.958. The maximum absolute atomic E-state index is 3.21. The Kier molecular flexibility index (Phi) is 4.07. The van der Waals surface area contributed by atoms with Crippen molar-refractivity contribution in [3.05, 3.63) is 29.8 Å². The van der Waals surface area contributed by atoms with Crippen LogP contribution < -0.4 is 10.2 Å². The summed E-state index contributed by atoms with van der Waals surface area (Å²) in [5.41, 5.74) is 2.82. The minimum absolute atomic E-state index is 0.817. The summed E-state index contributed by atoms with van der Waals surface area (Å²) in [7, 11) is 2.01. The summed E-state index contributed by atoms with van der Waals surface area (Å²) >= 11 is 0. The molecule has 0 aromatic heterocycles. The van der Waals surface area contributed by atoms with E-state index in [4.69, 9.17) is 0 Å². The fourth-order valence-electron chi connectivity index (χ4n) is 3.95. The molecule has 3 rings (SSSR count). The molecular formula is C17H26N2. The first-order valence-corrected chi connectivity index (χ1v) is 7.88. The van der Waals surface area contributed by atoms with Gasteiger partial charge in [-0.3, -0.25) is 0 Å². The van der Waals surface area contributed by atoms with Crippen LogP contribution in [0.3, 0.4) is 0 Å². The minimum atomic E-state index is 0.817. The Labute approximate surface area is 117 Å². The number of hydrogen-bond acceptors (Lipinski definition) is 2. The van der Waals surface area contributed by atoms with Crippen molar-refractivity contribution in [2.75, 3.05) is 18.5 Å². The van der Waals surface area contributed by atoms with Crippen LogP contribution >= 0.6 is 0 Å². The van der Waals surface area contributed by atoms with Crippen molar-refractivity contribution in [2.24, 2.45) is 5.92 Å². The second-order valence-corrected chi connectivity index (χ2v) is 6.14. The van der Waals surface area contributed by atoms with E-state index in [1.54, 1.807) is 0 Å². The third-order valence-electron chi connectivity index (χ3n) is 4.89. The van der Waals surface area contributed by atoms with Crippen molar-refractivity contribution >= 4 is 5.69 Å². The Morgan fingerprint density at radius 2 is 1.79 bits per heavy atom. The normalized spacial score (nSPS) is 27.1. The molecule has 0 radical (unpaired) electrons. The number of benzene rings is 1. The van der Waals surface area contributed by atoms with Crippen LogP contribution in [-0.4, -0.2) is 19.6 Å². The molecule has 1 aliphatic heterocycles. The first kappa shape index (κ1) is 13.0. The van der Waals surface area contributed by atoms with Crippen molar-refractivity contribution in [1.82, 2.24) is 5.32 Å². The maximum Gasteiger partial charge on any atom is 0.0369 e. The summed E-state index contributed by atoms with van der Waals surface area (Å²) in [5, 5.41) is 3.21. The number of fused-ring (bicyclic) bond motifs is 1. The lowest BCUT2D eigenvalue weighted by molar-refractivity contribution is 0.244. The highest BCUT2D eigenvalue weighted by Crippen LogP contribution is 2.37. The van der Waals surface area contributed by atoms with Crippen LogP contribution in [0.2, 0.25) is 0 Å². The molecule has 2 heteroatoms. The van der Waals surface area contributed by atoms with Crippen molar-refractivity contribution in [3.8, 4) is 0 Å². The van der Waals surface area contributed by atoms with Crippen LogP contribution in [0.15, 0.2) is 24.3 Å². The van der Waals surface area contributed by atoms with Crippen molar-refractivity contribution in [1.29, 1.82) is 0 Å². The second-order valence-electron chi connectivity index (χ2n) is 6.14. The SMILES string of the molecule is CNCc1ccc(N2CCC[C@H]3CCCC[C@H]32)cc1.